The molecule has 0 heterocycles. The molecule has 0 spiro atoms. The molecule has 25 heavy (non-hydrogen) atoms. The summed E-state index contributed by atoms with van der Waals surface area (Å²) in [4.78, 5) is 11.9. The minimum absolute atomic E-state index is 0.120. The molecule has 1 amide bonds. The van der Waals surface area contributed by atoms with E-state index in [0.29, 0.717) is 12.2 Å². The molecule has 4 nitrogen and oxygen atoms in total. The lowest BCUT2D eigenvalue weighted by atomic mass is 9.97. The zero-order valence-electron chi connectivity index (χ0n) is 15.4. The molecule has 0 bridgehead atoms. The van der Waals surface area contributed by atoms with Gasteiger partial charge in [-0.1, -0.05) is 43.7 Å². The lowest BCUT2D eigenvalue weighted by Crippen LogP contribution is -2.49. The van der Waals surface area contributed by atoms with Gasteiger partial charge in [0.2, 0.25) is 11.6 Å². The Balaban J connectivity index is 2.33. The van der Waals surface area contributed by atoms with E-state index in [-0.39, 0.29) is 12.0 Å². The van der Waals surface area contributed by atoms with Gasteiger partial charge >= 0.3 is 0 Å². The van der Waals surface area contributed by atoms with Crippen molar-refractivity contribution in [3.63, 3.8) is 0 Å². The van der Waals surface area contributed by atoms with Crippen LogP contribution in [0.4, 0.5) is 0 Å². The second-order valence-corrected chi connectivity index (χ2v) is 6.36. The molecule has 0 saturated carbocycles. The van der Waals surface area contributed by atoms with Crippen molar-refractivity contribution in [3.05, 3.63) is 60.2 Å². The van der Waals surface area contributed by atoms with Gasteiger partial charge in [-0.3, -0.25) is 4.79 Å². The highest BCUT2D eigenvalue weighted by Gasteiger charge is 2.34. The van der Waals surface area contributed by atoms with Gasteiger partial charge in [-0.05, 0) is 38.1 Å². The van der Waals surface area contributed by atoms with Crippen molar-refractivity contribution < 1.29 is 14.3 Å². The first kappa shape index (κ1) is 18.8. The largest absolute Gasteiger partial charge is 0.491 e. The molecule has 2 aromatic rings. The van der Waals surface area contributed by atoms with Crippen molar-refractivity contribution in [2.75, 3.05) is 0 Å². The number of hydrogen-bond donors (Lipinski definition) is 1. The number of ether oxygens (including phenoxy) is 2. The van der Waals surface area contributed by atoms with Crippen molar-refractivity contribution in [2.45, 2.75) is 52.4 Å². The Labute approximate surface area is 150 Å². The van der Waals surface area contributed by atoms with E-state index >= 15 is 0 Å². The van der Waals surface area contributed by atoms with Gasteiger partial charge in [0.15, 0.2) is 0 Å². The second kappa shape index (κ2) is 8.56. The summed E-state index contributed by atoms with van der Waals surface area (Å²) in [5.41, 5.74) is 0.0389. The molecule has 0 fully saturated rings. The smallest absolute Gasteiger partial charge is 0.220 e. The summed E-state index contributed by atoms with van der Waals surface area (Å²) < 4.78 is 12.0. The Morgan fingerprint density at radius 3 is 2.16 bits per heavy atom. The second-order valence-electron chi connectivity index (χ2n) is 6.36. The minimum atomic E-state index is -0.887. The van der Waals surface area contributed by atoms with Crippen LogP contribution in [0.5, 0.6) is 11.5 Å². The van der Waals surface area contributed by atoms with E-state index in [1.165, 1.54) is 6.92 Å². The quantitative estimate of drug-likeness (QED) is 0.712. The summed E-state index contributed by atoms with van der Waals surface area (Å²) in [7, 11) is 0. The Hall–Kier alpha value is -2.49. The third-order valence-electron chi connectivity index (χ3n) is 3.71. The van der Waals surface area contributed by atoms with Crippen molar-refractivity contribution in [1.29, 1.82) is 0 Å². The average Bonchev–Trinajstić information content (AvgIpc) is 2.56. The number of rotatable bonds is 8. The minimum Gasteiger partial charge on any atom is -0.491 e. The monoisotopic (exact) mass is 341 g/mol. The number of nitrogens with one attached hydrogen (secondary N) is 1. The molecule has 134 valence electrons. The van der Waals surface area contributed by atoms with E-state index in [9.17, 15) is 4.79 Å². The molecule has 0 aliphatic heterocycles. The summed E-state index contributed by atoms with van der Waals surface area (Å²) in [6.07, 6.45) is 1.65. The van der Waals surface area contributed by atoms with Crippen molar-refractivity contribution in [3.8, 4) is 11.5 Å². The Bertz CT molecular complexity index is 667. The van der Waals surface area contributed by atoms with E-state index in [2.05, 4.69) is 12.2 Å². The first-order valence-corrected chi connectivity index (χ1v) is 8.75. The van der Waals surface area contributed by atoms with Gasteiger partial charge < -0.3 is 14.8 Å². The molecule has 0 aliphatic rings. The first-order valence-electron chi connectivity index (χ1n) is 8.75. The summed E-state index contributed by atoms with van der Waals surface area (Å²) in [6.45, 7) is 7.56. The van der Waals surface area contributed by atoms with E-state index in [4.69, 9.17) is 9.47 Å². The molecule has 0 aromatic heterocycles. The fraction of sp³-hybridized carbons (Fsp3) is 0.381. The molecule has 1 N–H and O–H groups in total. The van der Waals surface area contributed by atoms with Crippen LogP contribution in [-0.2, 0) is 10.5 Å². The Kier molecular flexibility index (Phi) is 6.45. The fourth-order valence-electron chi connectivity index (χ4n) is 2.82. The molecule has 0 radical (unpaired) electrons. The standard InChI is InChI=1S/C21H27NO3/c1-5-15-21(22-17(4)23,18-9-7-6-8-10-18)25-20-13-11-19(12-14-20)24-16(2)3/h6-14,16H,5,15H2,1-4H3,(H,22,23). The van der Waals surface area contributed by atoms with Crippen molar-refractivity contribution >= 4 is 5.91 Å². The van der Waals surface area contributed by atoms with Gasteiger partial charge in [0, 0.05) is 18.9 Å². The topological polar surface area (TPSA) is 47.6 Å². The fourth-order valence-corrected chi connectivity index (χ4v) is 2.82. The number of benzene rings is 2. The highest BCUT2D eigenvalue weighted by atomic mass is 16.5. The third kappa shape index (κ3) is 5.24. The maximum atomic E-state index is 11.9. The van der Waals surface area contributed by atoms with Crippen LogP contribution in [-0.4, -0.2) is 12.0 Å². The molecule has 1 unspecified atom stereocenters. The maximum Gasteiger partial charge on any atom is 0.220 e. The van der Waals surface area contributed by atoms with Crippen LogP contribution in [0.25, 0.3) is 0 Å². The average molecular weight is 341 g/mol. The van der Waals surface area contributed by atoms with Crippen LogP contribution in [0.2, 0.25) is 0 Å². The van der Waals surface area contributed by atoms with Crippen molar-refractivity contribution in [1.82, 2.24) is 5.32 Å². The van der Waals surface area contributed by atoms with Crippen LogP contribution >= 0.6 is 0 Å². The van der Waals surface area contributed by atoms with Crippen LogP contribution in [0.1, 0.15) is 46.1 Å². The maximum absolute atomic E-state index is 11.9. The molecule has 2 rings (SSSR count). The van der Waals surface area contributed by atoms with Crippen LogP contribution in [0.15, 0.2) is 54.6 Å². The van der Waals surface area contributed by atoms with E-state index in [0.717, 1.165) is 17.7 Å². The molecule has 4 heteroatoms. The summed E-state index contributed by atoms with van der Waals surface area (Å²) in [5.74, 6) is 1.35. The number of amides is 1. The lowest BCUT2D eigenvalue weighted by Gasteiger charge is -2.35. The molecule has 1 atom stereocenters. The van der Waals surface area contributed by atoms with Gasteiger partial charge in [-0.15, -0.1) is 0 Å². The highest BCUT2D eigenvalue weighted by Crippen LogP contribution is 2.31. The van der Waals surface area contributed by atoms with Gasteiger partial charge in [0.1, 0.15) is 11.5 Å². The molecular weight excluding hydrogens is 314 g/mol. The Morgan fingerprint density at radius 1 is 1.04 bits per heavy atom. The number of carbonyl (C=O) groups excluding carboxylic acids is 1. The summed E-state index contributed by atoms with van der Waals surface area (Å²) >= 11 is 0. The molecule has 2 aromatic carbocycles. The van der Waals surface area contributed by atoms with Crippen LogP contribution in [0.3, 0.4) is 0 Å². The predicted molar refractivity (Wildman–Crippen MR) is 99.7 cm³/mol. The van der Waals surface area contributed by atoms with E-state index in [1.807, 2.05) is 68.4 Å². The van der Waals surface area contributed by atoms with Gasteiger partial charge in [0.25, 0.3) is 0 Å². The molecule has 0 aliphatic carbocycles. The summed E-state index contributed by atoms with van der Waals surface area (Å²) in [5, 5.41) is 3.01. The predicted octanol–water partition coefficient (Wildman–Crippen LogP) is 4.64. The lowest BCUT2D eigenvalue weighted by molar-refractivity contribution is -0.126. The highest BCUT2D eigenvalue weighted by molar-refractivity contribution is 5.74. The SMILES string of the molecule is CCCC(NC(C)=O)(Oc1ccc(OC(C)C)cc1)c1ccccc1. The van der Waals surface area contributed by atoms with Crippen LogP contribution in [0, 0.1) is 0 Å². The van der Waals surface area contributed by atoms with Gasteiger partial charge in [-0.2, -0.15) is 0 Å². The molecule has 0 saturated heterocycles. The van der Waals surface area contributed by atoms with Crippen molar-refractivity contribution in [2.24, 2.45) is 0 Å². The van der Waals surface area contributed by atoms with Crippen LogP contribution < -0.4 is 14.8 Å². The number of carbonyl (C=O) groups is 1. The zero-order valence-corrected chi connectivity index (χ0v) is 15.4. The normalized spacial score (nSPS) is 13.2. The number of hydrogen-bond acceptors (Lipinski definition) is 3. The Morgan fingerprint density at radius 2 is 1.64 bits per heavy atom. The summed E-state index contributed by atoms with van der Waals surface area (Å²) in [6, 6.07) is 17.3. The molecular formula is C21H27NO3. The van der Waals surface area contributed by atoms with Gasteiger partial charge in [0.05, 0.1) is 6.10 Å². The zero-order chi connectivity index (χ0) is 18.3. The van der Waals surface area contributed by atoms with E-state index in [1.54, 1.807) is 0 Å². The third-order valence-corrected chi connectivity index (χ3v) is 3.71. The van der Waals surface area contributed by atoms with Gasteiger partial charge in [-0.25, -0.2) is 0 Å². The van der Waals surface area contributed by atoms with E-state index < -0.39 is 5.72 Å². The first-order chi connectivity index (χ1) is 11.9.